The van der Waals surface area contributed by atoms with Crippen LogP contribution in [-0.2, 0) is 20.6 Å². The quantitative estimate of drug-likeness (QED) is 0.435. The number of sulfonamides is 1. The van der Waals surface area contributed by atoms with E-state index in [1.807, 2.05) is 61.5 Å². The molecule has 2 heterocycles. The zero-order chi connectivity index (χ0) is 26.9. The number of hydrogen-bond donors (Lipinski definition) is 2. The SMILES string of the molecule is C=C1C(S(=O)(=O)N2CCC(O)(c3ccc(C)cc3)CC2)=CC=C(Sc2cccc3cccnc23)/C1=N/ON. The molecule has 1 aliphatic carbocycles. The van der Waals surface area contributed by atoms with Crippen molar-refractivity contribution < 1.29 is 18.5 Å². The number of para-hydroxylation sites is 1. The molecule has 0 bridgehead atoms. The van der Waals surface area contributed by atoms with Gasteiger partial charge in [-0.05, 0) is 49.6 Å². The Kier molecular flexibility index (Phi) is 7.26. The number of benzene rings is 2. The van der Waals surface area contributed by atoms with E-state index < -0.39 is 15.6 Å². The van der Waals surface area contributed by atoms with Crippen molar-refractivity contribution in [2.24, 2.45) is 11.1 Å². The number of oxime groups is 1. The van der Waals surface area contributed by atoms with Crippen molar-refractivity contribution in [1.82, 2.24) is 9.29 Å². The molecule has 196 valence electrons. The third-order valence-corrected chi connectivity index (χ3v) is 10.0. The van der Waals surface area contributed by atoms with Gasteiger partial charge in [0.25, 0.3) is 0 Å². The van der Waals surface area contributed by atoms with Crippen LogP contribution in [0.3, 0.4) is 0 Å². The molecule has 8 nitrogen and oxygen atoms in total. The van der Waals surface area contributed by atoms with Gasteiger partial charge in [0.2, 0.25) is 10.0 Å². The predicted molar refractivity (Wildman–Crippen MR) is 150 cm³/mol. The van der Waals surface area contributed by atoms with Crippen LogP contribution in [0, 0.1) is 6.92 Å². The Hall–Kier alpha value is -3.28. The first-order chi connectivity index (χ1) is 18.2. The number of allylic oxidation sites excluding steroid dienone is 4. The smallest absolute Gasteiger partial charge is 0.243 e. The summed E-state index contributed by atoms with van der Waals surface area (Å²) in [6, 6.07) is 17.4. The first-order valence-corrected chi connectivity index (χ1v) is 14.4. The van der Waals surface area contributed by atoms with Crippen molar-refractivity contribution in [3.05, 3.63) is 106 Å². The molecule has 1 fully saturated rings. The number of hydrogen-bond acceptors (Lipinski definition) is 8. The fourth-order valence-corrected chi connectivity index (χ4v) is 7.37. The summed E-state index contributed by atoms with van der Waals surface area (Å²) >= 11 is 1.38. The van der Waals surface area contributed by atoms with E-state index in [9.17, 15) is 13.5 Å². The normalized spacial score (nSPS) is 19.3. The minimum Gasteiger partial charge on any atom is -0.385 e. The molecule has 0 unspecified atom stereocenters. The minimum absolute atomic E-state index is 0.0227. The molecule has 1 aromatic heterocycles. The second-order valence-corrected chi connectivity index (χ2v) is 12.3. The highest BCUT2D eigenvalue weighted by atomic mass is 32.2. The largest absolute Gasteiger partial charge is 0.385 e. The summed E-state index contributed by atoms with van der Waals surface area (Å²) in [5, 5.41) is 16.1. The predicted octanol–water partition coefficient (Wildman–Crippen LogP) is 4.53. The molecule has 10 heteroatoms. The molecule has 3 aromatic rings. The van der Waals surface area contributed by atoms with E-state index in [1.54, 1.807) is 12.3 Å². The number of aliphatic hydroxyl groups is 1. The lowest BCUT2D eigenvalue weighted by Crippen LogP contribution is -2.45. The van der Waals surface area contributed by atoms with Gasteiger partial charge in [-0.2, -0.15) is 4.31 Å². The van der Waals surface area contributed by atoms with E-state index in [0.717, 1.165) is 26.9 Å². The molecule has 0 spiro atoms. The number of nitrogens with two attached hydrogens (primary N) is 1. The summed E-state index contributed by atoms with van der Waals surface area (Å²) in [6.07, 6.45) is 5.51. The van der Waals surface area contributed by atoms with Crippen LogP contribution >= 0.6 is 11.8 Å². The van der Waals surface area contributed by atoms with Crippen molar-refractivity contribution in [2.75, 3.05) is 13.1 Å². The number of aromatic nitrogens is 1. The lowest BCUT2D eigenvalue weighted by atomic mass is 9.85. The Morgan fingerprint density at radius 3 is 2.53 bits per heavy atom. The van der Waals surface area contributed by atoms with E-state index in [0.29, 0.717) is 4.91 Å². The third kappa shape index (κ3) is 4.93. The number of nitrogens with zero attached hydrogens (tertiary/aromatic N) is 3. The van der Waals surface area contributed by atoms with Gasteiger partial charge in [0, 0.05) is 40.0 Å². The van der Waals surface area contributed by atoms with Crippen LogP contribution < -0.4 is 5.90 Å². The Morgan fingerprint density at radius 2 is 1.82 bits per heavy atom. The molecule has 1 saturated heterocycles. The summed E-state index contributed by atoms with van der Waals surface area (Å²) < 4.78 is 28.7. The van der Waals surface area contributed by atoms with Crippen LogP contribution in [0.1, 0.15) is 24.0 Å². The van der Waals surface area contributed by atoms with Gasteiger partial charge >= 0.3 is 0 Å². The van der Waals surface area contributed by atoms with Crippen LogP contribution in [0.4, 0.5) is 0 Å². The van der Waals surface area contributed by atoms with Gasteiger partial charge in [-0.15, -0.1) is 5.90 Å². The maximum Gasteiger partial charge on any atom is 0.243 e. The molecule has 0 saturated carbocycles. The number of pyridine rings is 1. The van der Waals surface area contributed by atoms with E-state index in [4.69, 9.17) is 5.90 Å². The van der Waals surface area contributed by atoms with Crippen molar-refractivity contribution in [3.8, 4) is 0 Å². The molecule has 2 aromatic carbocycles. The minimum atomic E-state index is -3.92. The van der Waals surface area contributed by atoms with E-state index in [1.165, 1.54) is 22.1 Å². The standard InChI is InChI=1S/C28H28N4O4S2/c1-19-8-10-22(11-9-19)28(33)14-17-32(18-15-28)38(34,35)25-13-12-24(26(20(25)2)31-36-29)37-23-7-3-5-21-6-4-16-30-27(21)23/h3-13,16,33H,2,14-15,17-18,29H2,1H3/b31-26+. The zero-order valence-electron chi connectivity index (χ0n) is 20.9. The molecule has 0 atom stereocenters. The average molecular weight is 549 g/mol. The third-order valence-electron chi connectivity index (χ3n) is 6.92. The molecule has 38 heavy (non-hydrogen) atoms. The van der Waals surface area contributed by atoms with Gasteiger partial charge in [0.1, 0.15) is 5.71 Å². The van der Waals surface area contributed by atoms with E-state index in [2.05, 4.69) is 21.7 Å². The zero-order valence-corrected chi connectivity index (χ0v) is 22.5. The van der Waals surface area contributed by atoms with Gasteiger partial charge in [0.05, 0.1) is 16.0 Å². The Morgan fingerprint density at radius 1 is 1.11 bits per heavy atom. The van der Waals surface area contributed by atoms with Gasteiger partial charge in [-0.25, -0.2) is 8.42 Å². The van der Waals surface area contributed by atoms with Crippen molar-refractivity contribution in [3.63, 3.8) is 0 Å². The molecule has 3 N–H and O–H groups in total. The molecule has 5 rings (SSSR count). The Bertz CT molecular complexity index is 1580. The molecule has 0 radical (unpaired) electrons. The van der Waals surface area contributed by atoms with Crippen LogP contribution in [0.5, 0.6) is 0 Å². The van der Waals surface area contributed by atoms with Crippen molar-refractivity contribution >= 4 is 38.4 Å². The molecular weight excluding hydrogens is 520 g/mol. The summed E-state index contributed by atoms with van der Waals surface area (Å²) in [5.41, 5.74) is 2.06. The second kappa shape index (κ2) is 10.5. The number of piperidine rings is 1. The first-order valence-electron chi connectivity index (χ1n) is 12.1. The number of aryl methyl sites for hydroxylation is 1. The fourth-order valence-electron chi connectivity index (χ4n) is 4.74. The van der Waals surface area contributed by atoms with Crippen LogP contribution in [0.2, 0.25) is 0 Å². The van der Waals surface area contributed by atoms with Crippen LogP contribution in [0.25, 0.3) is 10.9 Å². The van der Waals surface area contributed by atoms with Gasteiger partial charge in [-0.1, -0.05) is 71.5 Å². The molecule has 1 aliphatic heterocycles. The maximum absolute atomic E-state index is 13.7. The average Bonchev–Trinajstić information content (AvgIpc) is 2.91. The highest BCUT2D eigenvalue weighted by Gasteiger charge is 2.40. The number of fused-ring (bicyclic) bond motifs is 1. The second-order valence-electron chi connectivity index (χ2n) is 9.32. The highest BCUT2D eigenvalue weighted by Crippen LogP contribution is 2.40. The Labute approximate surface area is 226 Å². The maximum atomic E-state index is 13.7. The lowest BCUT2D eigenvalue weighted by molar-refractivity contribution is -0.00946. The van der Waals surface area contributed by atoms with Crippen LogP contribution in [-0.4, -0.2) is 41.6 Å². The fraction of sp³-hybridized carbons (Fsp3) is 0.214. The number of thioether (sulfide) groups is 1. The lowest BCUT2D eigenvalue weighted by Gasteiger charge is -2.38. The van der Waals surface area contributed by atoms with Gasteiger partial charge in [-0.3, -0.25) is 4.98 Å². The first kappa shape index (κ1) is 26.3. The highest BCUT2D eigenvalue weighted by molar-refractivity contribution is 8.04. The summed E-state index contributed by atoms with van der Waals surface area (Å²) in [6.45, 7) is 6.36. The van der Waals surface area contributed by atoms with Crippen molar-refractivity contribution in [2.45, 2.75) is 30.3 Å². The van der Waals surface area contributed by atoms with Gasteiger partial charge < -0.3 is 10.0 Å². The van der Waals surface area contributed by atoms with Crippen molar-refractivity contribution in [1.29, 1.82) is 0 Å². The summed E-state index contributed by atoms with van der Waals surface area (Å²) in [5.74, 6) is 5.27. The summed E-state index contributed by atoms with van der Waals surface area (Å²) in [7, 11) is -3.92. The molecule has 0 amide bonds. The van der Waals surface area contributed by atoms with E-state index >= 15 is 0 Å². The molecular formula is C28H28N4O4S2. The molecule has 2 aliphatic rings. The van der Waals surface area contributed by atoms with Gasteiger partial charge in [0.15, 0.2) is 0 Å². The van der Waals surface area contributed by atoms with E-state index in [-0.39, 0.29) is 42.1 Å². The van der Waals surface area contributed by atoms with Crippen LogP contribution in [0.15, 0.2) is 105 Å². The topological polar surface area (TPSA) is 118 Å². The Balaban J connectivity index is 1.41. The monoisotopic (exact) mass is 548 g/mol. The number of rotatable bonds is 6. The summed E-state index contributed by atoms with van der Waals surface area (Å²) in [4.78, 5) is 10.6.